The number of hydrogen-bond acceptors (Lipinski definition) is 4. The Kier molecular flexibility index (Phi) is 5.55. The van der Waals surface area contributed by atoms with E-state index in [9.17, 15) is 27.5 Å². The lowest BCUT2D eigenvalue weighted by atomic mass is 10.1. The van der Waals surface area contributed by atoms with E-state index in [1.165, 1.54) is 6.07 Å². The Labute approximate surface area is 166 Å². The molecule has 3 aromatic rings. The van der Waals surface area contributed by atoms with Crippen molar-refractivity contribution in [2.75, 3.05) is 12.4 Å². The first-order valence-electron chi connectivity index (χ1n) is 7.99. The highest BCUT2D eigenvalue weighted by molar-refractivity contribution is 7.80. The smallest absolute Gasteiger partial charge is 0.263 e. The van der Waals surface area contributed by atoms with Gasteiger partial charge in [-0.2, -0.15) is 8.78 Å². The number of phenolic OH excluding ortho intramolecular Hbond substituents is 1. The molecular formula is C19H12F4N2O3S. The zero-order valence-electron chi connectivity index (χ0n) is 14.6. The number of amides is 1. The summed E-state index contributed by atoms with van der Waals surface area (Å²) in [5, 5.41) is 15.3. The molecule has 0 radical (unpaired) electrons. The van der Waals surface area contributed by atoms with Crippen molar-refractivity contribution in [2.45, 2.75) is 0 Å². The number of carbonyl (C=O) groups excluding carboxylic acids is 1. The van der Waals surface area contributed by atoms with Gasteiger partial charge in [0.1, 0.15) is 11.3 Å². The van der Waals surface area contributed by atoms with Crippen LogP contribution in [0.5, 0.6) is 11.5 Å². The van der Waals surface area contributed by atoms with Gasteiger partial charge in [-0.3, -0.25) is 10.1 Å². The van der Waals surface area contributed by atoms with Gasteiger partial charge in [-0.05, 0) is 23.7 Å². The van der Waals surface area contributed by atoms with Gasteiger partial charge in [-0.15, -0.1) is 0 Å². The van der Waals surface area contributed by atoms with E-state index in [4.69, 9.17) is 12.2 Å². The molecule has 0 aromatic heterocycles. The van der Waals surface area contributed by atoms with E-state index in [0.717, 1.165) is 12.5 Å². The molecule has 0 aliphatic heterocycles. The Morgan fingerprint density at radius 2 is 1.62 bits per heavy atom. The molecule has 1 amide bonds. The molecule has 10 heteroatoms. The Balaban J connectivity index is 1.90. The van der Waals surface area contributed by atoms with Crippen LogP contribution in [0.4, 0.5) is 23.2 Å². The summed E-state index contributed by atoms with van der Waals surface area (Å²) in [7, 11) is 0.815. The standard InChI is InChI=1S/C19H12F4N2O3S/c1-28-17-14(22)12(20)11(13(21)15(17)23)18(27)25-19(29)24-16-9-5-3-2-4-8(9)6-7-10(16)26/h2-7,26H,1H3,(H2,24,25,27,29). The van der Waals surface area contributed by atoms with E-state index in [-0.39, 0.29) is 11.4 Å². The summed E-state index contributed by atoms with van der Waals surface area (Å²) < 4.78 is 60.0. The first-order chi connectivity index (χ1) is 13.8. The number of hydrogen-bond donors (Lipinski definition) is 3. The van der Waals surface area contributed by atoms with Crippen LogP contribution in [-0.4, -0.2) is 23.2 Å². The van der Waals surface area contributed by atoms with Crippen molar-refractivity contribution in [3.05, 3.63) is 65.2 Å². The van der Waals surface area contributed by atoms with E-state index in [1.807, 2.05) is 5.32 Å². The first kappa shape index (κ1) is 20.3. The molecule has 0 bridgehead atoms. The lowest BCUT2D eigenvalue weighted by Gasteiger charge is -2.14. The summed E-state index contributed by atoms with van der Waals surface area (Å²) >= 11 is 4.92. The molecule has 0 heterocycles. The first-order valence-corrected chi connectivity index (χ1v) is 8.40. The third-order valence-corrected chi connectivity index (χ3v) is 4.23. The van der Waals surface area contributed by atoms with Crippen LogP contribution in [-0.2, 0) is 0 Å². The molecule has 3 N–H and O–H groups in total. The number of carbonyl (C=O) groups is 1. The molecular weight excluding hydrogens is 412 g/mol. The predicted octanol–water partition coefficient (Wildman–Crippen LogP) is 4.24. The predicted molar refractivity (Wildman–Crippen MR) is 102 cm³/mol. The number of phenols is 1. The zero-order chi connectivity index (χ0) is 21.3. The minimum absolute atomic E-state index is 0.126. The Bertz CT molecular complexity index is 1120. The minimum atomic E-state index is -1.94. The third kappa shape index (κ3) is 3.66. The van der Waals surface area contributed by atoms with Crippen LogP contribution < -0.4 is 15.4 Å². The molecule has 0 fully saturated rings. The quantitative estimate of drug-likeness (QED) is 0.254. The molecule has 0 aliphatic carbocycles. The molecule has 0 unspecified atom stereocenters. The van der Waals surface area contributed by atoms with Gasteiger partial charge in [0.05, 0.1) is 12.8 Å². The lowest BCUT2D eigenvalue weighted by molar-refractivity contribution is 0.0966. The van der Waals surface area contributed by atoms with Crippen LogP contribution in [0.1, 0.15) is 10.4 Å². The van der Waals surface area contributed by atoms with Crippen LogP contribution in [0.3, 0.4) is 0 Å². The molecule has 0 saturated heterocycles. The molecule has 3 aromatic carbocycles. The van der Waals surface area contributed by atoms with Gasteiger partial charge < -0.3 is 15.2 Å². The molecule has 0 atom stereocenters. The summed E-state index contributed by atoms with van der Waals surface area (Å²) in [6.07, 6.45) is 0. The fourth-order valence-electron chi connectivity index (χ4n) is 2.69. The molecule has 150 valence electrons. The second-order valence-electron chi connectivity index (χ2n) is 5.75. The van der Waals surface area contributed by atoms with E-state index >= 15 is 0 Å². The number of thiocarbonyl (C=S) groups is 1. The van der Waals surface area contributed by atoms with Crippen molar-refractivity contribution in [3.8, 4) is 11.5 Å². The largest absolute Gasteiger partial charge is 0.506 e. The van der Waals surface area contributed by atoms with Crippen LogP contribution in [0.25, 0.3) is 10.8 Å². The molecule has 0 aliphatic rings. The molecule has 5 nitrogen and oxygen atoms in total. The number of aromatic hydroxyl groups is 1. The molecule has 3 rings (SSSR count). The zero-order valence-corrected chi connectivity index (χ0v) is 15.5. The van der Waals surface area contributed by atoms with Crippen molar-refractivity contribution in [3.63, 3.8) is 0 Å². The number of rotatable bonds is 3. The van der Waals surface area contributed by atoms with Gasteiger partial charge in [0.2, 0.25) is 11.6 Å². The van der Waals surface area contributed by atoms with Crippen LogP contribution >= 0.6 is 12.2 Å². The second kappa shape index (κ2) is 7.92. The second-order valence-corrected chi connectivity index (χ2v) is 6.16. The van der Waals surface area contributed by atoms with Crippen molar-refractivity contribution < 1.29 is 32.2 Å². The van der Waals surface area contributed by atoms with Crippen LogP contribution in [0.2, 0.25) is 0 Å². The number of ether oxygens (including phenoxy) is 1. The summed E-state index contributed by atoms with van der Waals surface area (Å²) in [5.74, 6) is -10.6. The SMILES string of the molecule is COc1c(F)c(F)c(C(=O)NC(=S)Nc2c(O)ccc3ccccc23)c(F)c1F. The number of methoxy groups -OCH3 is 1. The fraction of sp³-hybridized carbons (Fsp3) is 0.0526. The Morgan fingerprint density at radius 3 is 2.24 bits per heavy atom. The number of anilines is 1. The topological polar surface area (TPSA) is 70.6 Å². The third-order valence-electron chi connectivity index (χ3n) is 4.03. The Hall–Kier alpha value is -3.40. The summed E-state index contributed by atoms with van der Waals surface area (Å²) in [6.45, 7) is 0. The van der Waals surface area contributed by atoms with Crippen molar-refractivity contribution in [1.82, 2.24) is 5.32 Å². The molecule has 0 saturated carbocycles. The number of fused-ring (bicyclic) bond motifs is 1. The lowest BCUT2D eigenvalue weighted by Crippen LogP contribution is -2.35. The average molecular weight is 424 g/mol. The van der Waals surface area contributed by atoms with Crippen LogP contribution in [0, 0.1) is 23.3 Å². The highest BCUT2D eigenvalue weighted by Crippen LogP contribution is 2.32. The number of nitrogens with one attached hydrogen (secondary N) is 2. The maximum absolute atomic E-state index is 14.1. The highest BCUT2D eigenvalue weighted by Gasteiger charge is 2.30. The number of benzene rings is 3. The summed E-state index contributed by atoms with van der Waals surface area (Å²) in [5.41, 5.74) is -1.38. The van der Waals surface area contributed by atoms with Crippen LogP contribution in [0.15, 0.2) is 36.4 Å². The Morgan fingerprint density at radius 1 is 1.00 bits per heavy atom. The maximum atomic E-state index is 14.1. The number of halogens is 4. The summed E-state index contributed by atoms with van der Waals surface area (Å²) in [6, 6.07) is 9.91. The van der Waals surface area contributed by atoms with Gasteiger partial charge >= 0.3 is 0 Å². The van der Waals surface area contributed by atoms with Crippen molar-refractivity contribution in [2.24, 2.45) is 0 Å². The fourth-order valence-corrected chi connectivity index (χ4v) is 2.89. The average Bonchev–Trinajstić information content (AvgIpc) is 2.69. The van der Waals surface area contributed by atoms with Crippen molar-refractivity contribution in [1.29, 1.82) is 0 Å². The van der Waals surface area contributed by atoms with E-state index in [2.05, 4.69) is 10.1 Å². The van der Waals surface area contributed by atoms with Crippen molar-refractivity contribution >= 4 is 39.7 Å². The summed E-state index contributed by atoms with van der Waals surface area (Å²) in [4.78, 5) is 12.2. The van der Waals surface area contributed by atoms with Gasteiger partial charge in [0.25, 0.3) is 5.91 Å². The van der Waals surface area contributed by atoms with Gasteiger partial charge in [-0.1, -0.05) is 30.3 Å². The van der Waals surface area contributed by atoms with Gasteiger partial charge in [0, 0.05) is 5.39 Å². The van der Waals surface area contributed by atoms with E-state index < -0.39 is 45.6 Å². The van der Waals surface area contributed by atoms with Gasteiger partial charge in [0.15, 0.2) is 22.5 Å². The minimum Gasteiger partial charge on any atom is -0.506 e. The molecule has 0 spiro atoms. The highest BCUT2D eigenvalue weighted by atomic mass is 32.1. The monoisotopic (exact) mass is 424 g/mol. The normalized spacial score (nSPS) is 10.7. The van der Waals surface area contributed by atoms with E-state index in [1.54, 1.807) is 30.3 Å². The molecule has 29 heavy (non-hydrogen) atoms. The van der Waals surface area contributed by atoms with E-state index in [0.29, 0.717) is 5.39 Å². The van der Waals surface area contributed by atoms with Gasteiger partial charge in [-0.25, -0.2) is 8.78 Å². The maximum Gasteiger partial charge on any atom is 0.263 e.